The van der Waals surface area contributed by atoms with Crippen molar-refractivity contribution in [2.24, 2.45) is 5.92 Å². The van der Waals surface area contributed by atoms with E-state index in [9.17, 15) is 22.8 Å². The SMILES string of the molecule is CC(C)(C)OC(=O)N1CC(C)(C)Oc2cc(N3CCC4(CC3)C[C@@H](CC(=O)N[C@H](Cc3ccc(F)c(F)c3)C3CCOCC3)c3ccc(F)cc34)c(F)cc21. The average Bonchev–Trinajstić information content (AvgIpc) is 3.39. The Hall–Kier alpha value is -4.32. The van der Waals surface area contributed by atoms with Crippen molar-refractivity contribution in [3.05, 3.63) is 88.5 Å². The number of nitrogens with zero attached hydrogens (tertiary/aromatic N) is 2. The number of anilines is 2. The first-order valence-electron chi connectivity index (χ1n) is 19.4. The Morgan fingerprint density at radius 2 is 1.65 bits per heavy atom. The molecule has 3 aliphatic heterocycles. The van der Waals surface area contributed by atoms with Gasteiger partial charge in [-0.3, -0.25) is 9.69 Å². The second kappa shape index (κ2) is 15.0. The fourth-order valence-corrected chi connectivity index (χ4v) is 9.07. The molecule has 0 radical (unpaired) electrons. The monoisotopic (exact) mass is 765 g/mol. The van der Waals surface area contributed by atoms with Gasteiger partial charge in [0.2, 0.25) is 5.91 Å². The lowest BCUT2D eigenvalue weighted by molar-refractivity contribution is -0.122. The zero-order valence-electron chi connectivity index (χ0n) is 32.3. The van der Waals surface area contributed by atoms with E-state index in [0.717, 1.165) is 30.0 Å². The molecule has 55 heavy (non-hydrogen) atoms. The third kappa shape index (κ3) is 8.44. The fraction of sp³-hybridized carbons (Fsp3) is 0.535. The molecule has 3 heterocycles. The molecule has 1 spiro atoms. The van der Waals surface area contributed by atoms with Gasteiger partial charge in [-0.15, -0.1) is 0 Å². The summed E-state index contributed by atoms with van der Waals surface area (Å²) in [6.45, 7) is 11.4. The van der Waals surface area contributed by atoms with Gasteiger partial charge in [0.05, 0.1) is 17.9 Å². The van der Waals surface area contributed by atoms with E-state index < -0.39 is 40.2 Å². The maximum Gasteiger partial charge on any atom is 0.415 e. The van der Waals surface area contributed by atoms with Gasteiger partial charge in [-0.05, 0) is 131 Å². The van der Waals surface area contributed by atoms with Gasteiger partial charge in [0.25, 0.3) is 0 Å². The van der Waals surface area contributed by atoms with Crippen LogP contribution in [0.2, 0.25) is 0 Å². The predicted molar refractivity (Wildman–Crippen MR) is 202 cm³/mol. The minimum atomic E-state index is -0.919. The van der Waals surface area contributed by atoms with Crippen molar-refractivity contribution in [1.82, 2.24) is 5.32 Å². The zero-order chi connectivity index (χ0) is 39.3. The van der Waals surface area contributed by atoms with Crippen LogP contribution in [-0.4, -0.2) is 62.1 Å². The number of carbonyl (C=O) groups excluding carboxylic acids is 2. The Morgan fingerprint density at radius 1 is 0.927 bits per heavy atom. The molecule has 1 N–H and O–H groups in total. The van der Waals surface area contributed by atoms with Crippen LogP contribution in [0.15, 0.2) is 48.5 Å². The van der Waals surface area contributed by atoms with Gasteiger partial charge >= 0.3 is 6.09 Å². The van der Waals surface area contributed by atoms with Gasteiger partial charge in [-0.25, -0.2) is 22.4 Å². The van der Waals surface area contributed by atoms with Gasteiger partial charge in [-0.2, -0.15) is 0 Å². The molecule has 8 nitrogen and oxygen atoms in total. The number of halogens is 4. The Bertz CT molecular complexity index is 1930. The molecule has 1 aliphatic carbocycles. The van der Waals surface area contributed by atoms with E-state index in [4.69, 9.17) is 14.2 Å². The Balaban J connectivity index is 1.07. The highest BCUT2D eigenvalue weighted by molar-refractivity contribution is 5.91. The molecule has 0 aromatic heterocycles. The largest absolute Gasteiger partial charge is 0.484 e. The van der Waals surface area contributed by atoms with Crippen molar-refractivity contribution < 1.29 is 41.4 Å². The quantitative estimate of drug-likeness (QED) is 0.243. The number of hydrogen-bond donors (Lipinski definition) is 1. The fourth-order valence-electron chi connectivity index (χ4n) is 9.07. The molecule has 296 valence electrons. The van der Waals surface area contributed by atoms with Crippen molar-refractivity contribution in [1.29, 1.82) is 0 Å². The van der Waals surface area contributed by atoms with Crippen molar-refractivity contribution in [3.8, 4) is 5.75 Å². The van der Waals surface area contributed by atoms with E-state index in [1.165, 1.54) is 23.1 Å². The number of rotatable bonds is 7. The van der Waals surface area contributed by atoms with E-state index in [1.54, 1.807) is 45.0 Å². The molecular formula is C43H51F4N3O5. The number of fused-ring (bicyclic) bond motifs is 3. The number of nitrogens with one attached hydrogen (secondary N) is 1. The average molecular weight is 766 g/mol. The van der Waals surface area contributed by atoms with Gasteiger partial charge in [-0.1, -0.05) is 12.1 Å². The molecular weight excluding hydrogens is 714 g/mol. The minimum absolute atomic E-state index is 0.118. The molecule has 0 bridgehead atoms. The van der Waals surface area contributed by atoms with Crippen molar-refractivity contribution in [3.63, 3.8) is 0 Å². The molecule has 2 amide bonds. The zero-order valence-corrected chi connectivity index (χ0v) is 32.3. The lowest BCUT2D eigenvalue weighted by Gasteiger charge is -2.43. The van der Waals surface area contributed by atoms with Crippen LogP contribution >= 0.6 is 0 Å². The van der Waals surface area contributed by atoms with Gasteiger partial charge in [0, 0.05) is 50.9 Å². The highest BCUT2D eigenvalue weighted by Gasteiger charge is 2.47. The Morgan fingerprint density at radius 3 is 2.35 bits per heavy atom. The standard InChI is InChI=1S/C43H51F4N3O5/c1-41(2,3)55-40(52)50-25-42(4,5)54-38-23-36(34(47)22-37(38)50)49-14-12-43(13-15-49)24-28(30-8-7-29(44)21-31(30)43)20-39(51)48-35(27-10-16-53-17-11-27)19-26-6-9-32(45)33(46)18-26/h6-9,18,21-23,27-28,35H,10-17,19-20,24-25H2,1-5H3,(H,48,51)/t28-,35-/m1/s1. The second-order valence-electron chi connectivity index (χ2n) is 17.4. The topological polar surface area (TPSA) is 80.3 Å². The maximum atomic E-state index is 16.0. The molecule has 3 aromatic carbocycles. The minimum Gasteiger partial charge on any atom is -0.484 e. The van der Waals surface area contributed by atoms with Crippen molar-refractivity contribution in [2.45, 2.75) is 108 Å². The van der Waals surface area contributed by atoms with Crippen LogP contribution in [0.1, 0.15) is 95.8 Å². The van der Waals surface area contributed by atoms with Crippen LogP contribution in [0.4, 0.5) is 33.7 Å². The number of ether oxygens (including phenoxy) is 3. The lowest BCUT2D eigenvalue weighted by atomic mass is 9.73. The van der Waals surface area contributed by atoms with E-state index in [1.807, 2.05) is 18.7 Å². The number of hydrogen-bond acceptors (Lipinski definition) is 6. The molecule has 2 atom stereocenters. The van der Waals surface area contributed by atoms with E-state index in [0.29, 0.717) is 74.7 Å². The normalized spacial score (nSPS) is 21.1. The van der Waals surface area contributed by atoms with E-state index in [-0.39, 0.29) is 42.6 Å². The second-order valence-corrected chi connectivity index (χ2v) is 17.4. The summed E-state index contributed by atoms with van der Waals surface area (Å²) < 4.78 is 76.1. The van der Waals surface area contributed by atoms with Gasteiger partial charge in [0.1, 0.15) is 28.6 Å². The molecule has 12 heteroatoms. The first kappa shape index (κ1) is 38.9. The highest BCUT2D eigenvalue weighted by atomic mass is 19.2. The number of piperidine rings is 1. The van der Waals surface area contributed by atoms with Crippen LogP contribution in [-0.2, 0) is 26.1 Å². The third-order valence-electron chi connectivity index (χ3n) is 11.6. The predicted octanol–water partition coefficient (Wildman–Crippen LogP) is 8.73. The smallest absolute Gasteiger partial charge is 0.415 e. The summed E-state index contributed by atoms with van der Waals surface area (Å²) in [6.07, 6.45) is 3.36. The Labute approximate surface area is 320 Å². The number of amides is 2. The Kier molecular flexibility index (Phi) is 10.6. The van der Waals surface area contributed by atoms with Gasteiger partial charge in [0.15, 0.2) is 11.6 Å². The number of carbonyl (C=O) groups is 2. The molecule has 7 rings (SSSR count). The van der Waals surface area contributed by atoms with Crippen LogP contribution in [0.5, 0.6) is 5.75 Å². The summed E-state index contributed by atoms with van der Waals surface area (Å²) in [6, 6.07) is 11.4. The van der Waals surface area contributed by atoms with E-state index >= 15 is 4.39 Å². The number of benzene rings is 3. The van der Waals surface area contributed by atoms with Crippen LogP contribution in [0, 0.1) is 29.2 Å². The first-order chi connectivity index (χ1) is 26.0. The molecule has 2 saturated heterocycles. The third-order valence-corrected chi connectivity index (χ3v) is 11.6. The summed E-state index contributed by atoms with van der Waals surface area (Å²) >= 11 is 0. The molecule has 2 fully saturated rings. The van der Waals surface area contributed by atoms with Gasteiger partial charge < -0.3 is 24.4 Å². The summed E-state index contributed by atoms with van der Waals surface area (Å²) in [4.78, 5) is 30.4. The molecule has 3 aromatic rings. The molecule has 0 unspecified atom stereocenters. The van der Waals surface area contributed by atoms with Crippen LogP contribution in [0.3, 0.4) is 0 Å². The van der Waals surface area contributed by atoms with Crippen molar-refractivity contribution >= 4 is 23.4 Å². The summed E-state index contributed by atoms with van der Waals surface area (Å²) in [5.74, 6) is -2.45. The van der Waals surface area contributed by atoms with Crippen molar-refractivity contribution in [2.75, 3.05) is 42.6 Å². The summed E-state index contributed by atoms with van der Waals surface area (Å²) in [5, 5.41) is 3.24. The van der Waals surface area contributed by atoms with E-state index in [2.05, 4.69) is 5.32 Å². The van der Waals surface area contributed by atoms with Crippen LogP contribution < -0.4 is 19.9 Å². The van der Waals surface area contributed by atoms with Crippen LogP contribution in [0.25, 0.3) is 0 Å². The summed E-state index contributed by atoms with van der Waals surface area (Å²) in [7, 11) is 0. The summed E-state index contributed by atoms with van der Waals surface area (Å²) in [5.41, 5.74) is 1.26. The molecule has 4 aliphatic rings. The first-order valence-corrected chi connectivity index (χ1v) is 19.4. The maximum absolute atomic E-state index is 16.0. The lowest BCUT2D eigenvalue weighted by Crippen LogP contribution is -2.50. The molecule has 0 saturated carbocycles. The highest BCUT2D eigenvalue weighted by Crippen LogP contribution is 2.54.